The van der Waals surface area contributed by atoms with Gasteiger partial charge in [-0.25, -0.2) is 0 Å². The van der Waals surface area contributed by atoms with E-state index in [2.05, 4.69) is 5.10 Å². The van der Waals surface area contributed by atoms with Gasteiger partial charge in [0.1, 0.15) is 0 Å². The van der Waals surface area contributed by atoms with Gasteiger partial charge in [0.2, 0.25) is 0 Å². The third kappa shape index (κ3) is 1.75. The Morgan fingerprint density at radius 2 is 2.29 bits per heavy atom. The van der Waals surface area contributed by atoms with Gasteiger partial charge in [0, 0.05) is 12.8 Å². The largest absolute Gasteiger partial charge is 0.435 e. The van der Waals surface area contributed by atoms with Crippen molar-refractivity contribution in [2.45, 2.75) is 18.6 Å². The van der Waals surface area contributed by atoms with Crippen molar-refractivity contribution in [2.24, 2.45) is 0 Å². The fourth-order valence-corrected chi connectivity index (χ4v) is 1.42. The lowest BCUT2D eigenvalue weighted by molar-refractivity contribution is -0.141. The molecule has 1 unspecified atom stereocenters. The van der Waals surface area contributed by atoms with E-state index in [0.717, 1.165) is 12.5 Å². The van der Waals surface area contributed by atoms with Gasteiger partial charge in [0.15, 0.2) is 5.69 Å². The molecule has 0 aromatic carbocycles. The maximum Gasteiger partial charge on any atom is 0.435 e. The average molecular weight is 206 g/mol. The van der Waals surface area contributed by atoms with Crippen LogP contribution in [0.15, 0.2) is 12.3 Å². The van der Waals surface area contributed by atoms with E-state index in [1.54, 1.807) is 0 Å². The van der Waals surface area contributed by atoms with Crippen LogP contribution in [-0.4, -0.2) is 23.0 Å². The minimum atomic E-state index is -4.36. The Hall–Kier alpha value is -1.04. The van der Waals surface area contributed by atoms with Crippen molar-refractivity contribution >= 4 is 0 Å². The molecule has 14 heavy (non-hydrogen) atoms. The summed E-state index contributed by atoms with van der Waals surface area (Å²) in [6.07, 6.45) is -2.29. The Bertz CT molecular complexity index is 315. The third-order valence-electron chi connectivity index (χ3n) is 2.18. The Morgan fingerprint density at radius 1 is 1.50 bits per heavy atom. The maximum atomic E-state index is 12.2. The summed E-state index contributed by atoms with van der Waals surface area (Å²) in [5.74, 6) is 0. The summed E-state index contributed by atoms with van der Waals surface area (Å²) < 4.78 is 42.9. The number of nitrogens with zero attached hydrogens (tertiary/aromatic N) is 2. The van der Waals surface area contributed by atoms with Crippen LogP contribution in [0, 0.1) is 0 Å². The highest BCUT2D eigenvalue weighted by atomic mass is 19.4. The molecular formula is C8H9F3N2O. The monoisotopic (exact) mass is 206 g/mol. The average Bonchev–Trinajstić information content (AvgIpc) is 2.73. The van der Waals surface area contributed by atoms with Gasteiger partial charge < -0.3 is 4.74 Å². The Balaban J connectivity index is 2.17. The minimum absolute atomic E-state index is 0.0499. The molecule has 1 aliphatic rings. The molecule has 0 aliphatic carbocycles. The molecule has 78 valence electrons. The summed E-state index contributed by atoms with van der Waals surface area (Å²) in [7, 11) is 0. The molecule has 1 atom stereocenters. The molecule has 0 N–H and O–H groups in total. The van der Waals surface area contributed by atoms with E-state index in [1.807, 2.05) is 0 Å². The topological polar surface area (TPSA) is 27.1 Å². The second-order valence-electron chi connectivity index (χ2n) is 3.20. The van der Waals surface area contributed by atoms with E-state index in [9.17, 15) is 13.2 Å². The first kappa shape index (κ1) is 9.51. The molecule has 0 amide bonds. The molecule has 1 aliphatic heterocycles. The normalized spacial score (nSPS) is 22.9. The van der Waals surface area contributed by atoms with Crippen LogP contribution in [0.5, 0.6) is 0 Å². The second kappa shape index (κ2) is 3.27. The van der Waals surface area contributed by atoms with Crippen molar-refractivity contribution in [1.82, 2.24) is 9.78 Å². The van der Waals surface area contributed by atoms with Crippen LogP contribution in [-0.2, 0) is 10.9 Å². The molecule has 1 aromatic rings. The van der Waals surface area contributed by atoms with Crippen LogP contribution in [0.3, 0.4) is 0 Å². The molecule has 2 rings (SSSR count). The van der Waals surface area contributed by atoms with Crippen molar-refractivity contribution in [3.8, 4) is 0 Å². The predicted molar refractivity (Wildman–Crippen MR) is 41.7 cm³/mol. The van der Waals surface area contributed by atoms with Gasteiger partial charge in [0.05, 0.1) is 12.6 Å². The number of ether oxygens (including phenoxy) is 1. The second-order valence-corrected chi connectivity index (χ2v) is 3.20. The summed E-state index contributed by atoms with van der Waals surface area (Å²) in [4.78, 5) is 0. The fourth-order valence-electron chi connectivity index (χ4n) is 1.42. The highest BCUT2D eigenvalue weighted by molar-refractivity contribution is 5.04. The molecule has 0 saturated carbocycles. The van der Waals surface area contributed by atoms with Crippen molar-refractivity contribution in [3.63, 3.8) is 0 Å². The zero-order chi connectivity index (χ0) is 10.2. The number of aromatic nitrogens is 2. The lowest BCUT2D eigenvalue weighted by Crippen LogP contribution is -2.12. The van der Waals surface area contributed by atoms with Crippen molar-refractivity contribution < 1.29 is 17.9 Å². The van der Waals surface area contributed by atoms with E-state index >= 15 is 0 Å². The Labute approximate surface area is 78.5 Å². The Morgan fingerprint density at radius 3 is 2.79 bits per heavy atom. The summed E-state index contributed by atoms with van der Waals surface area (Å²) >= 11 is 0. The first-order valence-electron chi connectivity index (χ1n) is 4.27. The van der Waals surface area contributed by atoms with Crippen LogP contribution in [0.1, 0.15) is 18.2 Å². The van der Waals surface area contributed by atoms with E-state index in [1.165, 1.54) is 10.9 Å². The van der Waals surface area contributed by atoms with Crippen LogP contribution >= 0.6 is 0 Å². The zero-order valence-electron chi connectivity index (χ0n) is 7.29. The SMILES string of the molecule is FC(F)(F)c1ccn(C2CCOC2)n1. The number of hydrogen-bond donors (Lipinski definition) is 0. The van der Waals surface area contributed by atoms with Gasteiger partial charge in [-0.2, -0.15) is 18.3 Å². The predicted octanol–water partition coefficient (Wildman–Crippen LogP) is 1.86. The lowest BCUT2D eigenvalue weighted by Gasteiger charge is -2.07. The summed E-state index contributed by atoms with van der Waals surface area (Å²) in [6.45, 7) is 1.03. The minimum Gasteiger partial charge on any atom is -0.379 e. The van der Waals surface area contributed by atoms with Gasteiger partial charge in [-0.3, -0.25) is 4.68 Å². The van der Waals surface area contributed by atoms with E-state index < -0.39 is 11.9 Å². The van der Waals surface area contributed by atoms with Gasteiger partial charge >= 0.3 is 6.18 Å². The standard InChI is InChI=1S/C8H9F3N2O/c9-8(10,11)7-1-3-13(12-7)6-2-4-14-5-6/h1,3,6H,2,4-5H2. The van der Waals surface area contributed by atoms with Gasteiger partial charge in [-0.1, -0.05) is 0 Å². The molecule has 1 fully saturated rings. The molecule has 6 heteroatoms. The van der Waals surface area contributed by atoms with Gasteiger partial charge in [-0.05, 0) is 12.5 Å². The zero-order valence-corrected chi connectivity index (χ0v) is 7.29. The van der Waals surface area contributed by atoms with Crippen molar-refractivity contribution in [1.29, 1.82) is 0 Å². The van der Waals surface area contributed by atoms with Gasteiger partial charge in [-0.15, -0.1) is 0 Å². The summed E-state index contributed by atoms with van der Waals surface area (Å²) in [6, 6.07) is 0.935. The van der Waals surface area contributed by atoms with Crippen molar-refractivity contribution in [2.75, 3.05) is 13.2 Å². The maximum absolute atomic E-state index is 12.2. The molecule has 2 heterocycles. The highest BCUT2D eigenvalue weighted by Crippen LogP contribution is 2.28. The fraction of sp³-hybridized carbons (Fsp3) is 0.625. The molecule has 0 radical (unpaired) electrons. The van der Waals surface area contributed by atoms with E-state index in [0.29, 0.717) is 13.2 Å². The lowest BCUT2D eigenvalue weighted by atomic mass is 10.3. The smallest absolute Gasteiger partial charge is 0.379 e. The molecule has 0 spiro atoms. The quantitative estimate of drug-likeness (QED) is 0.701. The van der Waals surface area contributed by atoms with Gasteiger partial charge in [0.25, 0.3) is 0 Å². The number of rotatable bonds is 1. The first-order valence-corrected chi connectivity index (χ1v) is 4.27. The van der Waals surface area contributed by atoms with Crippen molar-refractivity contribution in [3.05, 3.63) is 18.0 Å². The summed E-state index contributed by atoms with van der Waals surface area (Å²) in [5, 5.41) is 3.48. The number of halogens is 3. The highest BCUT2D eigenvalue weighted by Gasteiger charge is 2.34. The number of alkyl halides is 3. The molecular weight excluding hydrogens is 197 g/mol. The molecule has 3 nitrogen and oxygen atoms in total. The molecule has 1 aromatic heterocycles. The van der Waals surface area contributed by atoms with Crippen LogP contribution in [0.2, 0.25) is 0 Å². The summed E-state index contributed by atoms with van der Waals surface area (Å²) in [5.41, 5.74) is -0.843. The van der Waals surface area contributed by atoms with E-state index in [-0.39, 0.29) is 6.04 Å². The first-order chi connectivity index (χ1) is 6.57. The van der Waals surface area contributed by atoms with Crippen LogP contribution in [0.4, 0.5) is 13.2 Å². The Kier molecular flexibility index (Phi) is 2.22. The van der Waals surface area contributed by atoms with Crippen LogP contribution in [0.25, 0.3) is 0 Å². The number of hydrogen-bond acceptors (Lipinski definition) is 2. The van der Waals surface area contributed by atoms with Crippen LogP contribution < -0.4 is 0 Å². The molecule has 0 bridgehead atoms. The molecule has 1 saturated heterocycles. The van der Waals surface area contributed by atoms with E-state index in [4.69, 9.17) is 4.74 Å². The third-order valence-corrected chi connectivity index (χ3v) is 2.18.